The van der Waals surface area contributed by atoms with Crippen molar-refractivity contribution < 1.29 is 9.32 Å². The quantitative estimate of drug-likeness (QED) is 0.774. The molecule has 2 aromatic rings. The van der Waals surface area contributed by atoms with Gasteiger partial charge in [-0.2, -0.15) is 0 Å². The standard InChI is InChI=1S/C19H27N3O2/c1-12(2)15-7-6-8-16(13(3)4)19(15)21-18(23)9-10-20-17-11-14(5)24-22-17/h6-8,11-13H,9-10H2,1-5H3,(H,20,22)(H,21,23). The molecule has 2 N–H and O–H groups in total. The Morgan fingerprint density at radius 3 is 2.29 bits per heavy atom. The summed E-state index contributed by atoms with van der Waals surface area (Å²) in [6, 6.07) is 8.04. The van der Waals surface area contributed by atoms with Crippen molar-refractivity contribution in [3.05, 3.63) is 41.2 Å². The van der Waals surface area contributed by atoms with Crippen LogP contribution in [0.1, 0.15) is 62.8 Å². The van der Waals surface area contributed by atoms with Crippen molar-refractivity contribution in [2.24, 2.45) is 0 Å². The van der Waals surface area contributed by atoms with Crippen LogP contribution in [0.4, 0.5) is 11.5 Å². The molecular weight excluding hydrogens is 302 g/mol. The highest BCUT2D eigenvalue weighted by atomic mass is 16.5. The van der Waals surface area contributed by atoms with E-state index >= 15 is 0 Å². The van der Waals surface area contributed by atoms with Gasteiger partial charge in [0.1, 0.15) is 5.76 Å². The van der Waals surface area contributed by atoms with E-state index in [1.165, 1.54) is 11.1 Å². The third-order valence-corrected chi connectivity index (χ3v) is 3.92. The molecule has 0 atom stereocenters. The van der Waals surface area contributed by atoms with E-state index < -0.39 is 0 Å². The Labute approximate surface area is 143 Å². The Balaban J connectivity index is 2.02. The number of amides is 1. The first-order chi connectivity index (χ1) is 11.4. The SMILES string of the molecule is Cc1cc(NCCC(=O)Nc2c(C(C)C)cccc2C(C)C)no1. The second-order valence-electron chi connectivity index (χ2n) is 6.67. The molecule has 0 saturated heterocycles. The molecule has 5 heteroatoms. The summed E-state index contributed by atoms with van der Waals surface area (Å²) < 4.78 is 4.99. The van der Waals surface area contributed by atoms with Gasteiger partial charge in [-0.15, -0.1) is 0 Å². The van der Waals surface area contributed by atoms with Crippen molar-refractivity contribution in [1.29, 1.82) is 0 Å². The van der Waals surface area contributed by atoms with Crippen molar-refractivity contribution >= 4 is 17.4 Å². The lowest BCUT2D eigenvalue weighted by Crippen LogP contribution is -2.19. The van der Waals surface area contributed by atoms with Gasteiger partial charge in [0.2, 0.25) is 5.91 Å². The topological polar surface area (TPSA) is 67.2 Å². The summed E-state index contributed by atoms with van der Waals surface area (Å²) in [5, 5.41) is 10.1. The minimum Gasteiger partial charge on any atom is -0.367 e. The number of para-hydroxylation sites is 1. The third kappa shape index (κ3) is 4.60. The first-order valence-electron chi connectivity index (χ1n) is 8.48. The highest BCUT2D eigenvalue weighted by molar-refractivity contribution is 5.93. The molecule has 130 valence electrons. The van der Waals surface area contributed by atoms with Gasteiger partial charge >= 0.3 is 0 Å². The van der Waals surface area contributed by atoms with Gasteiger partial charge in [-0.05, 0) is 29.9 Å². The van der Waals surface area contributed by atoms with Crippen LogP contribution in [0.25, 0.3) is 0 Å². The zero-order valence-electron chi connectivity index (χ0n) is 15.1. The second kappa shape index (κ2) is 7.99. The minimum atomic E-state index is -0.00211. The fourth-order valence-electron chi connectivity index (χ4n) is 2.65. The molecule has 1 aromatic carbocycles. The molecule has 0 aliphatic heterocycles. The van der Waals surface area contributed by atoms with Crippen molar-refractivity contribution in [2.45, 2.75) is 52.9 Å². The molecule has 0 aliphatic carbocycles. The highest BCUT2D eigenvalue weighted by Gasteiger charge is 2.15. The number of nitrogens with zero attached hydrogens (tertiary/aromatic N) is 1. The number of hydrogen-bond donors (Lipinski definition) is 2. The molecule has 0 saturated carbocycles. The maximum Gasteiger partial charge on any atom is 0.226 e. The molecule has 0 radical (unpaired) electrons. The highest BCUT2D eigenvalue weighted by Crippen LogP contribution is 2.32. The van der Waals surface area contributed by atoms with Gasteiger partial charge in [0.05, 0.1) is 0 Å². The second-order valence-corrected chi connectivity index (χ2v) is 6.67. The number of nitrogens with one attached hydrogen (secondary N) is 2. The van der Waals surface area contributed by atoms with Crippen molar-refractivity contribution in [2.75, 3.05) is 17.2 Å². The Bertz CT molecular complexity index is 663. The van der Waals surface area contributed by atoms with Crippen LogP contribution < -0.4 is 10.6 Å². The maximum atomic E-state index is 12.4. The van der Waals surface area contributed by atoms with E-state index in [1.54, 1.807) is 0 Å². The Hall–Kier alpha value is -2.30. The predicted molar refractivity (Wildman–Crippen MR) is 97.6 cm³/mol. The van der Waals surface area contributed by atoms with Crippen LogP contribution in [0.15, 0.2) is 28.8 Å². The molecule has 1 amide bonds. The molecule has 2 rings (SSSR count). The van der Waals surface area contributed by atoms with Crippen molar-refractivity contribution in [3.63, 3.8) is 0 Å². The van der Waals surface area contributed by atoms with Crippen LogP contribution in [-0.2, 0) is 4.79 Å². The summed E-state index contributed by atoms with van der Waals surface area (Å²) in [4.78, 5) is 12.4. The average Bonchev–Trinajstić information content (AvgIpc) is 2.92. The normalized spacial score (nSPS) is 11.1. The zero-order valence-corrected chi connectivity index (χ0v) is 15.1. The van der Waals surface area contributed by atoms with Crippen molar-refractivity contribution in [3.8, 4) is 0 Å². The van der Waals surface area contributed by atoms with E-state index in [1.807, 2.05) is 13.0 Å². The van der Waals surface area contributed by atoms with E-state index in [0.717, 1.165) is 11.4 Å². The lowest BCUT2D eigenvalue weighted by molar-refractivity contribution is -0.116. The maximum absolute atomic E-state index is 12.4. The summed E-state index contributed by atoms with van der Waals surface area (Å²) in [5.74, 6) is 2.11. The average molecular weight is 329 g/mol. The summed E-state index contributed by atoms with van der Waals surface area (Å²) >= 11 is 0. The van der Waals surface area contributed by atoms with Gasteiger partial charge in [-0.3, -0.25) is 4.79 Å². The van der Waals surface area contributed by atoms with Crippen LogP contribution in [-0.4, -0.2) is 17.6 Å². The monoisotopic (exact) mass is 329 g/mol. The summed E-state index contributed by atoms with van der Waals surface area (Å²) in [7, 11) is 0. The first kappa shape index (κ1) is 18.0. The van der Waals surface area contributed by atoms with Gasteiger partial charge in [-0.1, -0.05) is 51.1 Å². The molecule has 1 aromatic heterocycles. The van der Waals surface area contributed by atoms with Crippen molar-refractivity contribution in [1.82, 2.24) is 5.16 Å². The van der Waals surface area contributed by atoms with E-state index in [9.17, 15) is 4.79 Å². The lowest BCUT2D eigenvalue weighted by Gasteiger charge is -2.20. The number of aryl methyl sites for hydroxylation is 1. The van der Waals surface area contributed by atoms with Crippen LogP contribution in [0.2, 0.25) is 0 Å². The fraction of sp³-hybridized carbons (Fsp3) is 0.474. The predicted octanol–water partition coefficient (Wildman–Crippen LogP) is 4.67. The number of anilines is 2. The smallest absolute Gasteiger partial charge is 0.226 e. The van der Waals surface area contributed by atoms with Crippen LogP contribution in [0.3, 0.4) is 0 Å². The molecule has 0 unspecified atom stereocenters. The Kier molecular flexibility index (Phi) is 6.01. The van der Waals surface area contributed by atoms with E-state index in [-0.39, 0.29) is 5.91 Å². The molecule has 0 bridgehead atoms. The van der Waals surface area contributed by atoms with Crippen LogP contribution in [0, 0.1) is 6.92 Å². The molecule has 5 nitrogen and oxygen atoms in total. The lowest BCUT2D eigenvalue weighted by atomic mass is 9.92. The zero-order chi connectivity index (χ0) is 17.7. The Morgan fingerprint density at radius 2 is 1.79 bits per heavy atom. The molecule has 1 heterocycles. The molecule has 0 spiro atoms. The number of rotatable bonds is 7. The molecular formula is C19H27N3O2. The Morgan fingerprint density at radius 1 is 1.17 bits per heavy atom. The van der Waals surface area contributed by atoms with Gasteiger partial charge in [0.25, 0.3) is 0 Å². The van der Waals surface area contributed by atoms with Crippen LogP contribution >= 0.6 is 0 Å². The number of hydrogen-bond acceptors (Lipinski definition) is 4. The largest absolute Gasteiger partial charge is 0.367 e. The summed E-state index contributed by atoms with van der Waals surface area (Å²) in [6.45, 7) is 10.9. The van der Waals surface area contributed by atoms with Gasteiger partial charge in [0.15, 0.2) is 5.82 Å². The third-order valence-electron chi connectivity index (χ3n) is 3.92. The van der Waals surface area contributed by atoms with Gasteiger partial charge in [0, 0.05) is 24.7 Å². The van der Waals surface area contributed by atoms with Gasteiger partial charge < -0.3 is 15.2 Å². The van der Waals surface area contributed by atoms with Gasteiger partial charge in [-0.25, -0.2) is 0 Å². The van der Waals surface area contributed by atoms with Crippen LogP contribution in [0.5, 0.6) is 0 Å². The molecule has 0 aliphatic rings. The summed E-state index contributed by atoms with van der Waals surface area (Å²) in [6.07, 6.45) is 0.371. The fourth-order valence-corrected chi connectivity index (χ4v) is 2.65. The number of carbonyl (C=O) groups is 1. The molecule has 0 fully saturated rings. The van der Waals surface area contributed by atoms with E-state index in [2.05, 4.69) is 61.7 Å². The van der Waals surface area contributed by atoms with E-state index in [0.29, 0.717) is 30.6 Å². The number of benzene rings is 1. The summed E-state index contributed by atoms with van der Waals surface area (Å²) in [5.41, 5.74) is 3.31. The first-order valence-corrected chi connectivity index (χ1v) is 8.48. The molecule has 24 heavy (non-hydrogen) atoms. The van der Waals surface area contributed by atoms with E-state index in [4.69, 9.17) is 4.52 Å². The number of aromatic nitrogens is 1. The number of carbonyl (C=O) groups excluding carboxylic acids is 1. The minimum absolute atomic E-state index is 0.00211.